The van der Waals surface area contributed by atoms with Crippen molar-refractivity contribution in [3.63, 3.8) is 0 Å². The van der Waals surface area contributed by atoms with Crippen LogP contribution in [0, 0.1) is 11.6 Å². The third kappa shape index (κ3) is 13.8. The number of halogens is 6. The van der Waals surface area contributed by atoms with Crippen molar-refractivity contribution < 1.29 is 54.3 Å². The lowest BCUT2D eigenvalue weighted by Crippen LogP contribution is -2.58. The van der Waals surface area contributed by atoms with E-state index >= 15 is 8.78 Å². The van der Waals surface area contributed by atoms with Gasteiger partial charge in [-0.2, -0.15) is 0 Å². The molecule has 2 aliphatic heterocycles. The van der Waals surface area contributed by atoms with Gasteiger partial charge in [-0.25, -0.2) is 25.6 Å². The number of ether oxygens (including phenoxy) is 2. The summed E-state index contributed by atoms with van der Waals surface area (Å²) in [7, 11) is -7.83. The first kappa shape index (κ1) is 62.6. The van der Waals surface area contributed by atoms with Crippen molar-refractivity contribution in [1.82, 2.24) is 9.80 Å². The third-order valence-electron chi connectivity index (χ3n) is 15.5. The Kier molecular flexibility index (Phi) is 20.2. The lowest BCUT2D eigenvalue weighted by molar-refractivity contribution is -0.180. The zero-order valence-corrected chi connectivity index (χ0v) is 50.5. The maximum absolute atomic E-state index is 15.1. The van der Waals surface area contributed by atoms with Gasteiger partial charge >= 0.3 is 0 Å². The van der Waals surface area contributed by atoms with Crippen molar-refractivity contribution >= 4 is 102 Å². The average molecular weight is 1270 g/mol. The molecule has 8 atom stereocenters. The predicted octanol–water partition coefficient (Wildman–Crippen LogP) is 13.0. The maximum Gasteiger partial charge on any atom is 0.253 e. The Hall–Kier alpha value is -5.96. The molecule has 4 fully saturated rings. The normalized spacial score (nSPS) is 21.7. The number of rotatable bonds is 22. The van der Waals surface area contributed by atoms with Crippen molar-refractivity contribution in [2.45, 2.75) is 124 Å². The number of morpholine rings is 2. The van der Waals surface area contributed by atoms with Gasteiger partial charge in [0.25, 0.3) is 11.8 Å². The van der Waals surface area contributed by atoms with Gasteiger partial charge in [0.05, 0.1) is 59.1 Å². The fourth-order valence-electron chi connectivity index (χ4n) is 11.0. The molecule has 2 saturated carbocycles. The van der Waals surface area contributed by atoms with Crippen molar-refractivity contribution in [3.05, 3.63) is 200 Å². The minimum Gasteiger partial charge on any atom is -0.357 e. The number of nitrogens with zero attached hydrogens (tertiary/aromatic N) is 4. The standard InChI is InChI=1S/2C31H31Cl2FN2O5S/c2*1-2-24(19-35(42(39,40)25-14-15-25)27-9-4-3-8-26(27)34)36-29(20-10-12-22(32)13-11-20)30(21-6-5-7-23(33)18-21)41-28(16-17-37)31(36)38/h2*3-13,17-18,24-25,28-30H,2,14-16,19H2,1H3/t24?,28-,29+,30+;24?,28-,29-,30-/m01/s1. The topological polar surface area (TPSA) is 168 Å². The minimum absolute atomic E-state index is 0.0672. The van der Waals surface area contributed by atoms with Crippen LogP contribution in [0.15, 0.2) is 146 Å². The number of aldehydes is 2. The summed E-state index contributed by atoms with van der Waals surface area (Å²) in [5.41, 5.74) is 2.63. The summed E-state index contributed by atoms with van der Waals surface area (Å²) in [6, 6.07) is 36.7. The van der Waals surface area contributed by atoms with Gasteiger partial charge in [-0.05, 0) is 134 Å². The highest BCUT2D eigenvalue weighted by molar-refractivity contribution is 7.94. The Morgan fingerprint density at radius 2 is 0.869 bits per heavy atom. The second kappa shape index (κ2) is 27.2. The molecule has 0 aromatic heterocycles. The van der Waals surface area contributed by atoms with E-state index in [0.717, 1.165) is 8.61 Å². The van der Waals surface area contributed by atoms with Crippen LogP contribution in [-0.4, -0.2) is 98.9 Å². The van der Waals surface area contributed by atoms with Crippen LogP contribution in [0.25, 0.3) is 0 Å². The zero-order valence-electron chi connectivity index (χ0n) is 45.8. The molecule has 6 aromatic carbocycles. The molecule has 4 aliphatic rings. The molecule has 2 unspecified atom stereocenters. The van der Waals surface area contributed by atoms with E-state index in [9.17, 15) is 36.0 Å². The highest BCUT2D eigenvalue weighted by Crippen LogP contribution is 2.48. The molecule has 0 spiro atoms. The summed E-state index contributed by atoms with van der Waals surface area (Å²) in [6.45, 7) is 3.34. The van der Waals surface area contributed by atoms with Gasteiger partial charge < -0.3 is 28.9 Å². The van der Waals surface area contributed by atoms with Gasteiger partial charge in [0.2, 0.25) is 20.0 Å². The molecule has 0 radical (unpaired) electrons. The van der Waals surface area contributed by atoms with Crippen LogP contribution in [-0.2, 0) is 48.7 Å². The first-order valence-electron chi connectivity index (χ1n) is 27.7. The molecule has 444 valence electrons. The van der Waals surface area contributed by atoms with Gasteiger partial charge in [0, 0.05) is 32.9 Å². The highest BCUT2D eigenvalue weighted by Gasteiger charge is 2.51. The number of benzene rings is 6. The number of carbonyl (C=O) groups is 4. The monoisotopic (exact) mass is 1260 g/mol. The quantitative estimate of drug-likeness (QED) is 0.0597. The average Bonchev–Trinajstić information content (AvgIpc) is 1.41. The second-order valence-corrected chi connectivity index (χ2v) is 27.1. The molecular weight excluding hydrogens is 1200 g/mol. The van der Waals surface area contributed by atoms with Crippen LogP contribution in [0.1, 0.15) is 112 Å². The number of hydrogen-bond donors (Lipinski definition) is 0. The number of carbonyl (C=O) groups excluding carboxylic acids is 4. The first-order chi connectivity index (χ1) is 40.3. The Morgan fingerprint density at radius 1 is 0.512 bits per heavy atom. The van der Waals surface area contributed by atoms with E-state index in [1.54, 1.807) is 107 Å². The number of hydrogen-bond acceptors (Lipinski definition) is 10. The van der Waals surface area contributed by atoms with E-state index in [-0.39, 0.29) is 37.3 Å². The number of sulfonamides is 2. The highest BCUT2D eigenvalue weighted by atomic mass is 35.5. The fourth-order valence-corrected chi connectivity index (χ4v) is 15.4. The fraction of sp³-hybridized carbons (Fsp3) is 0.355. The Bertz CT molecular complexity index is 3330. The molecule has 2 heterocycles. The predicted molar refractivity (Wildman–Crippen MR) is 321 cm³/mol. The Labute approximate surface area is 508 Å². The number of anilines is 2. The maximum atomic E-state index is 15.1. The molecule has 0 N–H and O–H groups in total. The zero-order chi connectivity index (χ0) is 60.0. The lowest BCUT2D eigenvalue weighted by atomic mass is 9.89. The van der Waals surface area contributed by atoms with E-state index in [1.807, 2.05) is 26.0 Å². The van der Waals surface area contributed by atoms with Gasteiger partial charge in [-0.1, -0.05) is 133 Å². The van der Waals surface area contributed by atoms with Crippen LogP contribution in [0.3, 0.4) is 0 Å². The smallest absolute Gasteiger partial charge is 0.253 e. The summed E-state index contributed by atoms with van der Waals surface area (Å²) < 4.78 is 99.9. The molecular formula is C62H62Cl4F2N4O10S2. The summed E-state index contributed by atoms with van der Waals surface area (Å²) in [5, 5.41) is 0.719. The van der Waals surface area contributed by atoms with Crippen LogP contribution < -0.4 is 8.61 Å². The molecule has 22 heteroatoms. The largest absolute Gasteiger partial charge is 0.357 e. The van der Waals surface area contributed by atoms with Crippen molar-refractivity contribution in [1.29, 1.82) is 0 Å². The van der Waals surface area contributed by atoms with E-state index in [2.05, 4.69) is 0 Å². The molecule has 0 bridgehead atoms. The molecule has 10 rings (SSSR count). The van der Waals surface area contributed by atoms with E-state index < -0.39 is 103 Å². The Balaban J connectivity index is 0.000000202. The molecule has 84 heavy (non-hydrogen) atoms. The summed E-state index contributed by atoms with van der Waals surface area (Å²) in [6.07, 6.45) is -0.166. The van der Waals surface area contributed by atoms with Crippen molar-refractivity contribution in [3.8, 4) is 0 Å². The molecule has 2 amide bonds. The summed E-state index contributed by atoms with van der Waals surface area (Å²) in [4.78, 5) is 54.8. The SMILES string of the molecule is CCC(CN(c1ccccc1F)S(=O)(=O)C1CC1)N1C(=O)[C@@H](CC=O)O[C@H](c2cccc(Cl)c2)[C@H]1c1ccc(Cl)cc1.CCC(CN(c1ccccc1F)S(=O)(=O)C1CC1)N1C(=O)[C@H](CC=O)O[C@H](c2cccc(Cl)c2)[C@H]1c1ccc(Cl)cc1. The van der Waals surface area contributed by atoms with Gasteiger partial charge in [-0.15, -0.1) is 0 Å². The molecule has 6 aromatic rings. The van der Waals surface area contributed by atoms with Gasteiger partial charge in [0.15, 0.2) is 0 Å². The summed E-state index contributed by atoms with van der Waals surface area (Å²) in [5.74, 6) is -2.25. The van der Waals surface area contributed by atoms with E-state index in [0.29, 0.717) is 93.4 Å². The number of para-hydroxylation sites is 2. The third-order valence-corrected chi connectivity index (χ3v) is 21.0. The van der Waals surface area contributed by atoms with E-state index in [1.165, 1.54) is 36.4 Å². The number of amides is 2. The van der Waals surface area contributed by atoms with Crippen LogP contribution in [0.5, 0.6) is 0 Å². The van der Waals surface area contributed by atoms with Gasteiger partial charge in [-0.3, -0.25) is 18.2 Å². The van der Waals surface area contributed by atoms with Crippen molar-refractivity contribution in [2.24, 2.45) is 0 Å². The van der Waals surface area contributed by atoms with Gasteiger partial charge in [0.1, 0.15) is 48.6 Å². The van der Waals surface area contributed by atoms with Crippen LogP contribution >= 0.6 is 46.4 Å². The second-order valence-electron chi connectivity index (χ2n) is 21.1. The minimum atomic E-state index is -3.91. The Morgan fingerprint density at radius 3 is 1.18 bits per heavy atom. The molecule has 2 aliphatic carbocycles. The van der Waals surface area contributed by atoms with Crippen molar-refractivity contribution in [2.75, 3.05) is 21.7 Å². The first-order valence-corrected chi connectivity index (χ1v) is 32.2. The van der Waals surface area contributed by atoms with Crippen LogP contribution in [0.2, 0.25) is 20.1 Å². The van der Waals surface area contributed by atoms with E-state index in [4.69, 9.17) is 55.9 Å². The molecule has 14 nitrogen and oxygen atoms in total. The molecule has 2 saturated heterocycles. The van der Waals surface area contributed by atoms with Crippen LogP contribution in [0.4, 0.5) is 20.2 Å². The summed E-state index contributed by atoms with van der Waals surface area (Å²) >= 11 is 25.1. The lowest BCUT2D eigenvalue weighted by Gasteiger charge is -2.48.